The van der Waals surface area contributed by atoms with Gasteiger partial charge in [-0.3, -0.25) is 9.78 Å². The molecule has 2 aliphatic heterocycles. The minimum Gasteiger partial charge on any atom is -0.487 e. The number of ether oxygens (including phenoxy) is 5. The normalized spacial score (nSPS) is 22.7. The highest BCUT2D eigenvalue weighted by Gasteiger charge is 2.65. The van der Waals surface area contributed by atoms with Gasteiger partial charge in [0.05, 0.1) is 23.9 Å². The maximum absolute atomic E-state index is 15.4. The van der Waals surface area contributed by atoms with E-state index in [4.69, 9.17) is 38.7 Å². The molecule has 0 saturated heterocycles. The zero-order valence-corrected chi connectivity index (χ0v) is 42.8. The Balaban J connectivity index is 1.37. The molecule has 6 unspecified atom stereocenters. The van der Waals surface area contributed by atoms with Crippen LogP contribution in [0.1, 0.15) is 165 Å². The van der Waals surface area contributed by atoms with Gasteiger partial charge in [0, 0.05) is 49.8 Å². The Hall–Kier alpha value is -4.91. The van der Waals surface area contributed by atoms with Gasteiger partial charge < -0.3 is 43.6 Å². The Morgan fingerprint density at radius 2 is 1.63 bits per heavy atom. The van der Waals surface area contributed by atoms with Crippen LogP contribution in [0.2, 0.25) is 0 Å². The van der Waals surface area contributed by atoms with Crippen LogP contribution >= 0.6 is 0 Å². The first kappa shape index (κ1) is 52.9. The molecule has 4 aliphatic rings. The average Bonchev–Trinajstić information content (AvgIpc) is 3.82. The van der Waals surface area contributed by atoms with E-state index < -0.39 is 23.3 Å². The van der Waals surface area contributed by atoms with Crippen molar-refractivity contribution in [3.05, 3.63) is 101 Å². The van der Waals surface area contributed by atoms with Crippen LogP contribution in [0.15, 0.2) is 84.1 Å². The summed E-state index contributed by atoms with van der Waals surface area (Å²) in [6.07, 6.45) is 19.9. The van der Waals surface area contributed by atoms with Crippen LogP contribution in [0.4, 0.5) is 0 Å². The molecule has 1 fully saturated rings. The van der Waals surface area contributed by atoms with Gasteiger partial charge in [-0.15, -0.1) is 6.58 Å². The van der Waals surface area contributed by atoms with Crippen molar-refractivity contribution in [2.24, 2.45) is 22.9 Å². The van der Waals surface area contributed by atoms with E-state index in [0.717, 1.165) is 78.7 Å². The quantitative estimate of drug-likeness (QED) is 0.0410. The van der Waals surface area contributed by atoms with E-state index in [-0.39, 0.29) is 56.8 Å². The van der Waals surface area contributed by atoms with Gasteiger partial charge in [-0.25, -0.2) is 0 Å². The zero-order valence-electron chi connectivity index (χ0n) is 42.8. The lowest BCUT2D eigenvalue weighted by Gasteiger charge is -2.60. The lowest BCUT2D eigenvalue weighted by Crippen LogP contribution is -2.70. The summed E-state index contributed by atoms with van der Waals surface area (Å²) in [5.74, 6) is 0.891. The van der Waals surface area contributed by atoms with E-state index in [0.29, 0.717) is 55.3 Å². The Kier molecular flexibility index (Phi) is 19.2. The molecule has 3 heterocycles. The third-order valence-electron chi connectivity index (χ3n) is 14.4. The molecule has 382 valence electrons. The summed E-state index contributed by atoms with van der Waals surface area (Å²) in [4.78, 5) is 28.5. The summed E-state index contributed by atoms with van der Waals surface area (Å²) in [7, 11) is 0. The maximum atomic E-state index is 15.4. The number of unbranched alkanes of at least 4 members (excludes halogenated alkanes) is 10. The van der Waals surface area contributed by atoms with Crippen LogP contribution < -0.4 is 18.9 Å². The number of rotatable bonds is 28. The number of aliphatic hydroxyl groups is 2. The van der Waals surface area contributed by atoms with Gasteiger partial charge in [0.25, 0.3) is 0 Å². The van der Waals surface area contributed by atoms with Crippen molar-refractivity contribution in [3.63, 3.8) is 0 Å². The standard InChI is InChI=1S/C58H81N3O9/c1-7-9-10-11-12-13-14-15-16-26-54(64)61(38-42-27-29-51-52(34-42)67-40-66-51)53-37-49(60-70-57(4,5)6)47-35-43(23-17-19-31-62)46(25-18-20-32-63)55-48-36-45(65-39-44-24-21-22-41(3)59-44)28-30-50(48)69-58(53,56(47)55)68-33-8-2/h8,21-22,24,27-30,34-36,43,46,53,55-56,62-63H,2,7,9-20,23,25-26,31-33,37-40H2,1,3-6H3. The highest BCUT2D eigenvalue weighted by Crippen LogP contribution is 2.62. The first-order valence-electron chi connectivity index (χ1n) is 26.5. The van der Waals surface area contributed by atoms with E-state index in [9.17, 15) is 10.2 Å². The highest BCUT2D eigenvalue weighted by molar-refractivity contribution is 6.03. The second-order valence-electron chi connectivity index (χ2n) is 20.8. The number of amides is 1. The number of aliphatic hydroxyl groups excluding tert-OH is 2. The second-order valence-corrected chi connectivity index (χ2v) is 20.8. The van der Waals surface area contributed by atoms with Crippen molar-refractivity contribution in [2.45, 2.75) is 180 Å². The lowest BCUT2D eigenvalue weighted by atomic mass is 9.55. The van der Waals surface area contributed by atoms with E-state index >= 15 is 4.79 Å². The van der Waals surface area contributed by atoms with Crippen LogP contribution in [0.25, 0.3) is 0 Å². The van der Waals surface area contributed by atoms with Crippen LogP contribution in [0.5, 0.6) is 23.0 Å². The van der Waals surface area contributed by atoms with E-state index in [1.54, 1.807) is 6.08 Å². The number of hydrogen-bond acceptors (Lipinski definition) is 11. The Labute approximate surface area is 417 Å². The fraction of sp³-hybridized carbons (Fsp3) is 0.603. The second kappa shape index (κ2) is 25.5. The molecule has 3 aromatic rings. The topological polar surface area (TPSA) is 141 Å². The molecule has 1 amide bonds. The number of benzene rings is 2. The highest BCUT2D eigenvalue weighted by atomic mass is 16.7. The van der Waals surface area contributed by atoms with Crippen molar-refractivity contribution in [3.8, 4) is 23.0 Å². The van der Waals surface area contributed by atoms with Crippen molar-refractivity contribution >= 4 is 11.6 Å². The van der Waals surface area contributed by atoms with Crippen molar-refractivity contribution in [1.29, 1.82) is 0 Å². The molecular formula is C58H81N3O9. The summed E-state index contributed by atoms with van der Waals surface area (Å²) in [6, 6.07) is 17.3. The SMILES string of the molecule is C=CCOC12Oc3ccc(OCc4cccc(C)n4)cc3C3C(CCCCO)C(CCCCO)C=C(C(=NOC(C)(C)C)CC1N(Cc1ccc4c(c1)OCO4)C(=O)CCCCCCCCCCC)C32. The molecule has 6 atom stereocenters. The van der Waals surface area contributed by atoms with Crippen molar-refractivity contribution < 1.29 is 43.5 Å². The largest absolute Gasteiger partial charge is 0.487 e. The monoisotopic (exact) mass is 964 g/mol. The van der Waals surface area contributed by atoms with Crippen LogP contribution in [0.3, 0.4) is 0 Å². The fourth-order valence-corrected chi connectivity index (χ4v) is 11.1. The number of hydrogen-bond donors (Lipinski definition) is 2. The molecule has 1 saturated carbocycles. The number of nitrogens with zero attached hydrogens (tertiary/aromatic N) is 3. The van der Waals surface area contributed by atoms with Gasteiger partial charge in [-0.1, -0.05) is 101 Å². The van der Waals surface area contributed by atoms with Gasteiger partial charge in [0.1, 0.15) is 29.7 Å². The van der Waals surface area contributed by atoms with E-state index in [1.165, 1.54) is 38.5 Å². The first-order valence-corrected chi connectivity index (χ1v) is 26.5. The van der Waals surface area contributed by atoms with Gasteiger partial charge in [-0.2, -0.15) is 0 Å². The van der Waals surface area contributed by atoms with Crippen molar-refractivity contribution in [1.82, 2.24) is 9.88 Å². The number of carbonyl (C=O) groups excluding carboxylic acids is 1. The Bertz CT molecular complexity index is 2240. The van der Waals surface area contributed by atoms with Crippen LogP contribution in [-0.4, -0.2) is 75.8 Å². The zero-order chi connectivity index (χ0) is 49.5. The fourth-order valence-electron chi connectivity index (χ4n) is 11.1. The minimum atomic E-state index is -1.39. The molecule has 1 aromatic heterocycles. The summed E-state index contributed by atoms with van der Waals surface area (Å²) < 4.78 is 33.0. The van der Waals surface area contributed by atoms with Crippen molar-refractivity contribution in [2.75, 3.05) is 26.6 Å². The predicted molar refractivity (Wildman–Crippen MR) is 274 cm³/mol. The summed E-state index contributed by atoms with van der Waals surface area (Å²) in [5, 5.41) is 25.2. The number of fused-ring (bicyclic) bond motifs is 3. The number of aromatic nitrogens is 1. The predicted octanol–water partition coefficient (Wildman–Crippen LogP) is 12.1. The van der Waals surface area contributed by atoms with Crippen LogP contribution in [0, 0.1) is 24.7 Å². The minimum absolute atomic E-state index is 0.0207. The van der Waals surface area contributed by atoms with Crippen LogP contribution in [-0.2, 0) is 27.5 Å². The molecule has 2 aromatic carbocycles. The molecular weight excluding hydrogens is 883 g/mol. The molecule has 2 aliphatic carbocycles. The first-order chi connectivity index (χ1) is 34.0. The number of aryl methyl sites for hydroxylation is 1. The smallest absolute Gasteiger partial charge is 0.239 e. The number of pyridine rings is 1. The third-order valence-corrected chi connectivity index (χ3v) is 14.4. The molecule has 2 N–H and O–H groups in total. The third kappa shape index (κ3) is 13.3. The molecule has 0 bridgehead atoms. The van der Waals surface area contributed by atoms with E-state index in [1.807, 2.05) is 81.1 Å². The molecule has 70 heavy (non-hydrogen) atoms. The van der Waals surface area contributed by atoms with Gasteiger partial charge in [0.2, 0.25) is 18.5 Å². The van der Waals surface area contributed by atoms with Gasteiger partial charge >= 0.3 is 0 Å². The molecule has 0 radical (unpaired) electrons. The molecule has 12 nitrogen and oxygen atoms in total. The molecule has 0 spiro atoms. The Morgan fingerprint density at radius 1 is 0.900 bits per heavy atom. The summed E-state index contributed by atoms with van der Waals surface area (Å²) in [6.45, 7) is 15.5. The van der Waals surface area contributed by atoms with E-state index in [2.05, 4.69) is 25.6 Å². The number of allylic oxidation sites excluding steroid dienone is 1. The number of oxime groups is 1. The Morgan fingerprint density at radius 3 is 2.36 bits per heavy atom. The van der Waals surface area contributed by atoms with Gasteiger partial charge in [0.15, 0.2) is 11.5 Å². The summed E-state index contributed by atoms with van der Waals surface area (Å²) in [5.41, 5.74) is 4.84. The maximum Gasteiger partial charge on any atom is 0.239 e. The molecule has 12 heteroatoms. The molecule has 7 rings (SSSR count). The number of carbonyl (C=O) groups is 1. The van der Waals surface area contributed by atoms with Gasteiger partial charge in [-0.05, 0) is 125 Å². The summed E-state index contributed by atoms with van der Waals surface area (Å²) >= 11 is 0. The lowest BCUT2D eigenvalue weighted by molar-refractivity contribution is -0.258. The average molecular weight is 964 g/mol.